The number of nitrogens with two attached hydrogens (primary N) is 1. The first kappa shape index (κ1) is 19.3. The highest BCUT2D eigenvalue weighted by atomic mass is 35.5. The Morgan fingerprint density at radius 2 is 2.19 bits per heavy atom. The molecule has 1 aliphatic rings. The molecular formula is C20H21ClFN3O2. The van der Waals surface area contributed by atoms with E-state index in [4.69, 9.17) is 22.1 Å². The second-order valence-corrected chi connectivity index (χ2v) is 7.10. The van der Waals surface area contributed by atoms with Gasteiger partial charge in [-0.25, -0.2) is 9.38 Å². The Morgan fingerprint density at radius 3 is 2.85 bits per heavy atom. The Bertz CT molecular complexity index is 916. The van der Waals surface area contributed by atoms with E-state index in [0.717, 1.165) is 0 Å². The summed E-state index contributed by atoms with van der Waals surface area (Å²) in [6.45, 7) is 4.09. The lowest BCUT2D eigenvalue weighted by Gasteiger charge is -2.33. The minimum atomic E-state index is -0.778. The summed E-state index contributed by atoms with van der Waals surface area (Å²) in [7, 11) is 0. The molecule has 7 heteroatoms. The zero-order valence-electron chi connectivity index (χ0n) is 15.3. The summed E-state index contributed by atoms with van der Waals surface area (Å²) in [6.07, 6.45) is 2.65. The third-order valence-corrected chi connectivity index (χ3v) is 5.09. The molecule has 5 nitrogen and oxygen atoms in total. The van der Waals surface area contributed by atoms with Crippen LogP contribution >= 0.6 is 11.6 Å². The Kier molecular flexibility index (Phi) is 5.46. The molecule has 142 valence electrons. The van der Waals surface area contributed by atoms with Gasteiger partial charge in [-0.05, 0) is 42.7 Å². The van der Waals surface area contributed by atoms with Gasteiger partial charge < -0.3 is 10.5 Å². The van der Waals surface area contributed by atoms with E-state index in [1.54, 1.807) is 25.1 Å². The van der Waals surface area contributed by atoms with E-state index >= 15 is 0 Å². The van der Waals surface area contributed by atoms with Gasteiger partial charge in [-0.3, -0.25) is 9.78 Å². The zero-order valence-corrected chi connectivity index (χ0v) is 16.0. The fraction of sp³-hybridized carbons (Fsp3) is 0.350. The lowest BCUT2D eigenvalue weighted by molar-refractivity contribution is 0.0987. The van der Waals surface area contributed by atoms with Crippen LogP contribution in [0.1, 0.15) is 46.9 Å². The molecule has 1 aromatic heterocycles. The smallest absolute Gasteiger partial charge is 0.282 e. The van der Waals surface area contributed by atoms with E-state index in [1.807, 2.05) is 6.92 Å². The summed E-state index contributed by atoms with van der Waals surface area (Å²) >= 11 is 5.90. The van der Waals surface area contributed by atoms with Crippen LogP contribution in [0.25, 0.3) is 0 Å². The van der Waals surface area contributed by atoms with Crippen molar-refractivity contribution in [1.82, 2.24) is 4.98 Å². The Labute approximate surface area is 162 Å². The van der Waals surface area contributed by atoms with Crippen molar-refractivity contribution in [3.63, 3.8) is 0 Å². The summed E-state index contributed by atoms with van der Waals surface area (Å²) in [4.78, 5) is 21.2. The summed E-state index contributed by atoms with van der Waals surface area (Å²) in [6, 6.07) is 6.44. The second-order valence-electron chi connectivity index (χ2n) is 6.67. The van der Waals surface area contributed by atoms with Gasteiger partial charge in [-0.15, -0.1) is 0 Å². The number of aryl methyl sites for hydroxylation is 1. The third kappa shape index (κ3) is 3.95. The number of halogens is 2. The highest BCUT2D eigenvalue weighted by molar-refractivity contribution is 6.30. The zero-order chi connectivity index (χ0) is 19.6. The molecule has 2 heterocycles. The number of aromatic nitrogens is 1. The van der Waals surface area contributed by atoms with Crippen molar-refractivity contribution in [2.45, 2.75) is 38.6 Å². The van der Waals surface area contributed by atoms with Crippen LogP contribution in [-0.4, -0.2) is 23.4 Å². The van der Waals surface area contributed by atoms with Gasteiger partial charge >= 0.3 is 0 Å². The van der Waals surface area contributed by atoms with E-state index < -0.39 is 5.54 Å². The number of pyridine rings is 1. The van der Waals surface area contributed by atoms with E-state index in [1.165, 1.54) is 12.3 Å². The van der Waals surface area contributed by atoms with E-state index in [0.29, 0.717) is 46.9 Å². The second kappa shape index (κ2) is 7.64. The standard InChI is InChI=1S/C20H21ClFN3O2/c1-3-20(6-7-27-19(23)25-20)15-9-13(4-5-16(15)22)10-17(26)18-12(2)8-14(21)11-24-18/h4-5,8-9,11H,3,6-7,10H2,1-2H3,(H2,23,25)/t20-/m0/s1. The maximum atomic E-state index is 14.6. The van der Waals surface area contributed by atoms with Crippen molar-refractivity contribution in [3.05, 3.63) is 63.7 Å². The Hall–Kier alpha value is -2.47. The van der Waals surface area contributed by atoms with Gasteiger partial charge in [0.25, 0.3) is 6.02 Å². The monoisotopic (exact) mass is 389 g/mol. The number of aliphatic imine (C=N–C) groups is 1. The molecule has 0 aliphatic carbocycles. The van der Waals surface area contributed by atoms with Crippen molar-refractivity contribution in [2.75, 3.05) is 6.61 Å². The average Bonchev–Trinajstić information content (AvgIpc) is 2.63. The van der Waals surface area contributed by atoms with Crippen LogP contribution < -0.4 is 5.73 Å². The van der Waals surface area contributed by atoms with Gasteiger partial charge in [0.15, 0.2) is 5.78 Å². The average molecular weight is 390 g/mol. The maximum absolute atomic E-state index is 14.6. The number of benzene rings is 1. The number of ether oxygens (including phenoxy) is 1. The first-order valence-electron chi connectivity index (χ1n) is 8.77. The topological polar surface area (TPSA) is 77.6 Å². The molecule has 0 spiro atoms. The molecule has 0 saturated carbocycles. The Balaban J connectivity index is 1.93. The molecule has 1 atom stereocenters. The Morgan fingerprint density at radius 1 is 1.41 bits per heavy atom. The van der Waals surface area contributed by atoms with E-state index in [-0.39, 0.29) is 24.0 Å². The molecule has 1 aliphatic heterocycles. The van der Waals surface area contributed by atoms with Crippen LogP contribution in [0.3, 0.4) is 0 Å². The molecule has 2 N–H and O–H groups in total. The van der Waals surface area contributed by atoms with Crippen LogP contribution in [0.5, 0.6) is 0 Å². The number of hydrogen-bond acceptors (Lipinski definition) is 5. The maximum Gasteiger partial charge on any atom is 0.282 e. The molecule has 0 unspecified atom stereocenters. The van der Waals surface area contributed by atoms with Crippen LogP contribution in [0.15, 0.2) is 35.5 Å². The molecule has 0 saturated heterocycles. The summed E-state index contributed by atoms with van der Waals surface area (Å²) in [5, 5.41) is 0.480. The number of hydrogen-bond donors (Lipinski definition) is 1. The van der Waals surface area contributed by atoms with E-state index in [2.05, 4.69) is 9.98 Å². The quantitative estimate of drug-likeness (QED) is 0.785. The number of carbonyl (C=O) groups is 1. The van der Waals surface area contributed by atoms with Crippen LogP contribution in [-0.2, 0) is 16.7 Å². The number of ketones is 1. The SMILES string of the molecule is CC[C@@]1(c2cc(CC(=O)c3ncc(Cl)cc3C)ccc2F)CCOC(N)=N1. The van der Waals surface area contributed by atoms with Crippen molar-refractivity contribution in [1.29, 1.82) is 0 Å². The molecule has 0 radical (unpaired) electrons. The van der Waals surface area contributed by atoms with Gasteiger partial charge in [0.1, 0.15) is 11.5 Å². The first-order valence-corrected chi connectivity index (χ1v) is 9.15. The van der Waals surface area contributed by atoms with Crippen molar-refractivity contribution in [3.8, 4) is 0 Å². The summed E-state index contributed by atoms with van der Waals surface area (Å²) < 4.78 is 19.8. The molecule has 2 aromatic rings. The van der Waals surface area contributed by atoms with Gasteiger partial charge in [-0.2, -0.15) is 0 Å². The largest absolute Gasteiger partial charge is 0.465 e. The predicted octanol–water partition coefficient (Wildman–Crippen LogP) is 3.95. The lowest BCUT2D eigenvalue weighted by atomic mass is 9.83. The molecular weight excluding hydrogens is 369 g/mol. The van der Waals surface area contributed by atoms with Gasteiger partial charge in [0, 0.05) is 24.6 Å². The van der Waals surface area contributed by atoms with Gasteiger partial charge in [-0.1, -0.05) is 24.6 Å². The van der Waals surface area contributed by atoms with Crippen LogP contribution in [0.4, 0.5) is 4.39 Å². The van der Waals surface area contributed by atoms with Crippen molar-refractivity contribution < 1.29 is 13.9 Å². The molecule has 0 bridgehead atoms. The first-order chi connectivity index (χ1) is 12.8. The number of carbonyl (C=O) groups excluding carboxylic acids is 1. The van der Waals surface area contributed by atoms with Gasteiger partial charge in [0.05, 0.1) is 17.2 Å². The number of nitrogens with zero attached hydrogens (tertiary/aromatic N) is 2. The fourth-order valence-electron chi connectivity index (χ4n) is 3.41. The molecule has 3 rings (SSSR count). The number of rotatable bonds is 5. The molecule has 1 aromatic carbocycles. The van der Waals surface area contributed by atoms with Crippen molar-refractivity contribution in [2.24, 2.45) is 10.7 Å². The van der Waals surface area contributed by atoms with Crippen LogP contribution in [0.2, 0.25) is 5.02 Å². The highest BCUT2D eigenvalue weighted by Gasteiger charge is 2.36. The summed E-state index contributed by atoms with van der Waals surface area (Å²) in [5.41, 5.74) is 7.15. The van der Waals surface area contributed by atoms with Gasteiger partial charge in [0.2, 0.25) is 0 Å². The minimum absolute atomic E-state index is 0.0602. The summed E-state index contributed by atoms with van der Waals surface area (Å²) in [5.74, 6) is -0.519. The normalized spacial score (nSPS) is 19.3. The number of Topliss-reactive ketones (excluding diaryl/α,β-unsaturated/α-hetero) is 1. The lowest BCUT2D eigenvalue weighted by Crippen LogP contribution is -2.36. The molecule has 27 heavy (non-hydrogen) atoms. The fourth-order valence-corrected chi connectivity index (χ4v) is 3.62. The van der Waals surface area contributed by atoms with E-state index in [9.17, 15) is 9.18 Å². The number of amidine groups is 1. The molecule has 0 fully saturated rings. The minimum Gasteiger partial charge on any atom is -0.465 e. The molecule has 0 amide bonds. The van der Waals surface area contributed by atoms with Crippen LogP contribution in [0, 0.1) is 12.7 Å². The van der Waals surface area contributed by atoms with Crippen molar-refractivity contribution >= 4 is 23.4 Å². The highest BCUT2D eigenvalue weighted by Crippen LogP contribution is 2.37. The predicted molar refractivity (Wildman–Crippen MR) is 103 cm³/mol. The third-order valence-electron chi connectivity index (χ3n) is 4.88.